The number of guanidine groups is 1. The second-order valence-electron chi connectivity index (χ2n) is 7.30. The molecule has 0 radical (unpaired) electrons. The van der Waals surface area contributed by atoms with Gasteiger partial charge in [-0.15, -0.1) is 0 Å². The maximum atomic E-state index is 6.11. The number of nitrogens with one attached hydrogen (secondary N) is 2. The molecule has 0 bridgehead atoms. The molecule has 0 spiro atoms. The Hall–Kier alpha value is -1.55. The summed E-state index contributed by atoms with van der Waals surface area (Å²) in [5.74, 6) is 1.43. The highest BCUT2D eigenvalue weighted by Crippen LogP contribution is 2.33. The van der Waals surface area contributed by atoms with Gasteiger partial charge >= 0.3 is 0 Å². The molecule has 2 unspecified atom stereocenters. The van der Waals surface area contributed by atoms with Crippen molar-refractivity contribution in [1.82, 2.24) is 10.6 Å². The van der Waals surface area contributed by atoms with Crippen molar-refractivity contribution in [3.63, 3.8) is 0 Å². The van der Waals surface area contributed by atoms with Crippen LogP contribution in [-0.2, 0) is 4.74 Å². The summed E-state index contributed by atoms with van der Waals surface area (Å²) in [5, 5.41) is 7.07. The zero-order valence-electron chi connectivity index (χ0n) is 15.5. The normalized spacial score (nSPS) is 25.6. The molecule has 25 heavy (non-hydrogen) atoms. The Morgan fingerprint density at radius 3 is 2.64 bits per heavy atom. The fraction of sp³-hybridized carbons (Fsp3) is 0.667. The van der Waals surface area contributed by atoms with Crippen LogP contribution in [0.3, 0.4) is 0 Å². The number of benzene rings is 1. The number of rotatable bonds is 5. The van der Waals surface area contributed by atoms with Gasteiger partial charge in [-0.2, -0.15) is 0 Å². The largest absolute Gasteiger partial charge is 0.373 e. The Bertz CT molecular complexity index is 525. The molecular formula is C21H33N3O. The van der Waals surface area contributed by atoms with E-state index in [0.717, 1.165) is 32.1 Å². The van der Waals surface area contributed by atoms with E-state index < -0.39 is 0 Å². The molecule has 1 aromatic rings. The van der Waals surface area contributed by atoms with Crippen molar-refractivity contribution in [3.05, 3.63) is 35.9 Å². The van der Waals surface area contributed by atoms with Crippen LogP contribution in [0.4, 0.5) is 0 Å². The fourth-order valence-electron chi connectivity index (χ4n) is 4.01. The lowest BCUT2D eigenvalue weighted by atomic mass is 9.89. The Kier molecular flexibility index (Phi) is 7.16. The molecule has 2 atom stereocenters. The van der Waals surface area contributed by atoms with Crippen molar-refractivity contribution < 1.29 is 4.74 Å². The van der Waals surface area contributed by atoms with Crippen LogP contribution in [0.2, 0.25) is 0 Å². The molecule has 2 N–H and O–H groups in total. The molecule has 138 valence electrons. The predicted molar refractivity (Wildman–Crippen MR) is 104 cm³/mol. The molecule has 0 amide bonds. The summed E-state index contributed by atoms with van der Waals surface area (Å²) in [6.45, 7) is 4.72. The summed E-state index contributed by atoms with van der Waals surface area (Å²) < 4.78 is 6.11. The summed E-state index contributed by atoms with van der Waals surface area (Å²) in [6.07, 6.45) is 9.09. The molecule has 2 aliphatic rings. The van der Waals surface area contributed by atoms with Crippen LogP contribution in [0, 0.1) is 5.92 Å². The molecule has 2 fully saturated rings. The van der Waals surface area contributed by atoms with Crippen LogP contribution < -0.4 is 10.6 Å². The average molecular weight is 344 g/mol. The summed E-state index contributed by atoms with van der Waals surface area (Å²) in [6, 6.07) is 11.2. The minimum absolute atomic E-state index is 0.177. The van der Waals surface area contributed by atoms with Crippen LogP contribution in [-0.4, -0.2) is 31.7 Å². The van der Waals surface area contributed by atoms with Gasteiger partial charge in [-0.05, 0) is 38.2 Å². The molecule has 3 rings (SSSR count). The van der Waals surface area contributed by atoms with E-state index in [-0.39, 0.29) is 6.10 Å². The highest BCUT2D eigenvalue weighted by Gasteiger charge is 2.27. The van der Waals surface area contributed by atoms with E-state index in [2.05, 4.69) is 47.9 Å². The van der Waals surface area contributed by atoms with Gasteiger partial charge in [0.05, 0.1) is 6.10 Å². The van der Waals surface area contributed by atoms with E-state index in [0.29, 0.717) is 12.0 Å². The highest BCUT2D eigenvalue weighted by molar-refractivity contribution is 5.80. The van der Waals surface area contributed by atoms with Crippen molar-refractivity contribution in [1.29, 1.82) is 0 Å². The van der Waals surface area contributed by atoms with Crippen molar-refractivity contribution >= 4 is 5.96 Å². The molecule has 4 heteroatoms. The first-order valence-corrected chi connectivity index (χ1v) is 10.1. The molecule has 1 saturated heterocycles. The molecule has 1 saturated carbocycles. The molecule has 1 aliphatic carbocycles. The summed E-state index contributed by atoms with van der Waals surface area (Å²) >= 11 is 0. The topological polar surface area (TPSA) is 45.7 Å². The molecule has 4 nitrogen and oxygen atoms in total. The highest BCUT2D eigenvalue weighted by atomic mass is 16.5. The van der Waals surface area contributed by atoms with Gasteiger partial charge < -0.3 is 15.4 Å². The monoisotopic (exact) mass is 343 g/mol. The van der Waals surface area contributed by atoms with Crippen molar-refractivity contribution in [2.75, 3.05) is 19.7 Å². The van der Waals surface area contributed by atoms with Gasteiger partial charge in [0.15, 0.2) is 5.96 Å². The van der Waals surface area contributed by atoms with E-state index in [1.807, 2.05) is 0 Å². The zero-order chi connectivity index (χ0) is 17.3. The van der Waals surface area contributed by atoms with E-state index in [4.69, 9.17) is 9.73 Å². The smallest absolute Gasteiger partial charge is 0.191 e. The Balaban J connectivity index is 1.63. The van der Waals surface area contributed by atoms with Crippen LogP contribution in [0.25, 0.3) is 0 Å². The van der Waals surface area contributed by atoms with Crippen molar-refractivity contribution in [2.45, 2.75) is 64.0 Å². The number of ether oxygens (including phenoxy) is 1. The van der Waals surface area contributed by atoms with E-state index >= 15 is 0 Å². The number of aliphatic imine (C=N–C) groups is 1. The van der Waals surface area contributed by atoms with Crippen molar-refractivity contribution in [3.8, 4) is 0 Å². The summed E-state index contributed by atoms with van der Waals surface area (Å²) in [4.78, 5) is 4.92. The number of hydrogen-bond donors (Lipinski definition) is 2. The number of hydrogen-bond acceptors (Lipinski definition) is 2. The Morgan fingerprint density at radius 2 is 1.88 bits per heavy atom. The molecule has 1 aliphatic heterocycles. The maximum Gasteiger partial charge on any atom is 0.191 e. The summed E-state index contributed by atoms with van der Waals surface area (Å²) in [5.41, 5.74) is 1.28. The first-order chi connectivity index (χ1) is 12.4. The van der Waals surface area contributed by atoms with E-state index in [1.54, 1.807) is 0 Å². The number of nitrogens with zero attached hydrogens (tertiary/aromatic N) is 1. The fourth-order valence-corrected chi connectivity index (χ4v) is 4.01. The van der Waals surface area contributed by atoms with Gasteiger partial charge in [0.25, 0.3) is 0 Å². The lowest BCUT2D eigenvalue weighted by Crippen LogP contribution is -2.44. The van der Waals surface area contributed by atoms with Gasteiger partial charge in [0.2, 0.25) is 0 Å². The van der Waals surface area contributed by atoms with Gasteiger partial charge in [0.1, 0.15) is 0 Å². The van der Waals surface area contributed by atoms with Crippen LogP contribution in [0.15, 0.2) is 35.3 Å². The minimum atomic E-state index is 0.177. The zero-order valence-corrected chi connectivity index (χ0v) is 15.5. The Morgan fingerprint density at radius 1 is 1.08 bits per heavy atom. The second kappa shape index (κ2) is 9.81. The first-order valence-electron chi connectivity index (χ1n) is 10.1. The van der Waals surface area contributed by atoms with Crippen LogP contribution in [0.5, 0.6) is 0 Å². The minimum Gasteiger partial charge on any atom is -0.373 e. The maximum absolute atomic E-state index is 6.11. The van der Waals surface area contributed by atoms with Gasteiger partial charge in [-0.1, -0.05) is 49.6 Å². The van der Waals surface area contributed by atoms with Gasteiger partial charge in [-0.25, -0.2) is 0 Å². The third kappa shape index (κ3) is 5.46. The first kappa shape index (κ1) is 18.2. The molecule has 1 heterocycles. The van der Waals surface area contributed by atoms with Crippen LogP contribution in [0.1, 0.15) is 63.5 Å². The van der Waals surface area contributed by atoms with Gasteiger partial charge in [0, 0.05) is 31.7 Å². The summed E-state index contributed by atoms with van der Waals surface area (Å²) in [7, 11) is 0. The quantitative estimate of drug-likeness (QED) is 0.626. The van der Waals surface area contributed by atoms with E-state index in [9.17, 15) is 0 Å². The predicted octanol–water partition coefficient (Wildman–Crippen LogP) is 4.04. The van der Waals surface area contributed by atoms with Crippen molar-refractivity contribution in [2.24, 2.45) is 10.9 Å². The standard InChI is InChI=1S/C21H33N3O/c1-2-22-21(24-19-13-7-4-8-14-19)23-16-18-12-9-15-25-20(18)17-10-5-3-6-11-17/h3,5-6,10-11,18-20H,2,4,7-9,12-16H2,1H3,(H2,22,23,24). The Labute approximate surface area is 152 Å². The molecule has 1 aromatic carbocycles. The third-order valence-electron chi connectivity index (χ3n) is 5.35. The average Bonchev–Trinajstić information content (AvgIpc) is 2.68. The molecular weight excluding hydrogens is 310 g/mol. The SMILES string of the molecule is CCNC(=NCC1CCCOC1c1ccccc1)NC1CCCCC1. The van der Waals surface area contributed by atoms with Gasteiger partial charge in [-0.3, -0.25) is 4.99 Å². The second-order valence-corrected chi connectivity index (χ2v) is 7.30. The third-order valence-corrected chi connectivity index (χ3v) is 5.35. The van der Waals surface area contributed by atoms with Crippen LogP contribution >= 0.6 is 0 Å². The molecule has 0 aromatic heterocycles. The lowest BCUT2D eigenvalue weighted by molar-refractivity contribution is -0.0250. The lowest BCUT2D eigenvalue weighted by Gasteiger charge is -2.31. The van der Waals surface area contributed by atoms with E-state index in [1.165, 1.54) is 44.1 Å².